The molecule has 110 valence electrons. The lowest BCUT2D eigenvalue weighted by atomic mass is 9.98. The molecule has 1 heterocycles. The van der Waals surface area contributed by atoms with Crippen molar-refractivity contribution in [2.24, 2.45) is 5.92 Å². The number of benzene rings is 1. The molecule has 2 aromatic rings. The van der Waals surface area contributed by atoms with E-state index in [2.05, 4.69) is 23.6 Å². The van der Waals surface area contributed by atoms with Gasteiger partial charge in [-0.05, 0) is 48.8 Å². The Bertz CT molecular complexity index is 602. The van der Waals surface area contributed by atoms with Gasteiger partial charge in [-0.1, -0.05) is 30.3 Å². The molecule has 0 bridgehead atoms. The molecule has 0 saturated carbocycles. The van der Waals surface area contributed by atoms with E-state index in [1.165, 1.54) is 18.1 Å². The van der Waals surface area contributed by atoms with Crippen LogP contribution in [0.1, 0.15) is 29.3 Å². The molecule has 0 fully saturated rings. The van der Waals surface area contributed by atoms with Crippen LogP contribution in [0.3, 0.4) is 0 Å². The van der Waals surface area contributed by atoms with Gasteiger partial charge in [0.1, 0.15) is 11.7 Å². The van der Waals surface area contributed by atoms with Crippen molar-refractivity contribution >= 4 is 23.1 Å². The number of hydrogen-bond donors (Lipinski definition) is 1. The highest BCUT2D eigenvalue weighted by Gasteiger charge is 2.22. The lowest BCUT2D eigenvalue weighted by molar-refractivity contribution is -0.145. The van der Waals surface area contributed by atoms with Crippen LogP contribution >= 0.6 is 11.3 Å². The molecule has 1 atom stereocenters. The third-order valence-electron chi connectivity index (χ3n) is 3.43. The van der Waals surface area contributed by atoms with E-state index in [4.69, 9.17) is 5.11 Å². The number of ketones is 1. The van der Waals surface area contributed by atoms with Crippen molar-refractivity contribution < 1.29 is 14.7 Å². The van der Waals surface area contributed by atoms with Crippen LogP contribution in [0.5, 0.6) is 0 Å². The average molecular weight is 302 g/mol. The van der Waals surface area contributed by atoms with E-state index >= 15 is 0 Å². The molecule has 2 rings (SSSR count). The first-order valence-corrected chi connectivity index (χ1v) is 7.77. The second-order valence-corrected chi connectivity index (χ2v) is 6.12. The number of thiophene rings is 1. The van der Waals surface area contributed by atoms with Crippen LogP contribution in [-0.4, -0.2) is 16.9 Å². The summed E-state index contributed by atoms with van der Waals surface area (Å²) in [6.07, 6.45) is 1.89. The highest BCUT2D eigenvalue weighted by Crippen LogP contribution is 2.21. The van der Waals surface area contributed by atoms with Gasteiger partial charge in [-0.2, -0.15) is 0 Å². The van der Waals surface area contributed by atoms with Gasteiger partial charge in [-0.15, -0.1) is 11.3 Å². The Morgan fingerprint density at radius 2 is 1.90 bits per heavy atom. The van der Waals surface area contributed by atoms with Crippen LogP contribution in [0.25, 0.3) is 0 Å². The fourth-order valence-corrected chi connectivity index (χ4v) is 3.18. The van der Waals surface area contributed by atoms with E-state index in [1.54, 1.807) is 11.3 Å². The lowest BCUT2D eigenvalue weighted by Crippen LogP contribution is -2.21. The molecule has 0 saturated heterocycles. The molecule has 1 unspecified atom stereocenters. The fraction of sp³-hybridized carbons (Fsp3) is 0.294. The van der Waals surface area contributed by atoms with Crippen LogP contribution < -0.4 is 0 Å². The van der Waals surface area contributed by atoms with Gasteiger partial charge in [-0.3, -0.25) is 9.59 Å². The molecular weight excluding hydrogens is 284 g/mol. The Balaban J connectivity index is 1.94. The summed E-state index contributed by atoms with van der Waals surface area (Å²) in [6.45, 7) is 1.34. The summed E-state index contributed by atoms with van der Waals surface area (Å²) in [5.41, 5.74) is 2.49. The van der Waals surface area contributed by atoms with Gasteiger partial charge in [0.2, 0.25) is 0 Å². The number of aliphatic carboxylic acids is 1. The van der Waals surface area contributed by atoms with Crippen LogP contribution in [0.4, 0.5) is 0 Å². The highest BCUT2D eigenvalue weighted by atomic mass is 32.1. The summed E-state index contributed by atoms with van der Waals surface area (Å²) in [6, 6.07) is 12.3. The van der Waals surface area contributed by atoms with E-state index in [-0.39, 0.29) is 5.78 Å². The second kappa shape index (κ2) is 7.18. The fourth-order valence-electron chi connectivity index (χ4n) is 2.27. The zero-order chi connectivity index (χ0) is 15.2. The maximum Gasteiger partial charge on any atom is 0.314 e. The first kappa shape index (κ1) is 15.4. The first-order valence-electron chi connectivity index (χ1n) is 6.89. The Labute approximate surface area is 128 Å². The summed E-state index contributed by atoms with van der Waals surface area (Å²) in [5, 5.41) is 11.1. The van der Waals surface area contributed by atoms with Gasteiger partial charge >= 0.3 is 5.97 Å². The molecule has 0 aliphatic rings. The van der Waals surface area contributed by atoms with Crippen molar-refractivity contribution in [2.75, 3.05) is 0 Å². The minimum atomic E-state index is -1.02. The van der Waals surface area contributed by atoms with Gasteiger partial charge in [0.25, 0.3) is 0 Å². The van der Waals surface area contributed by atoms with Crippen LogP contribution in [0.2, 0.25) is 0 Å². The van der Waals surface area contributed by atoms with Gasteiger partial charge in [0.05, 0.1) is 0 Å². The van der Waals surface area contributed by atoms with Crippen LogP contribution in [0.15, 0.2) is 41.8 Å². The van der Waals surface area contributed by atoms with Crippen molar-refractivity contribution in [1.29, 1.82) is 0 Å². The van der Waals surface area contributed by atoms with Gasteiger partial charge in [0.15, 0.2) is 0 Å². The van der Waals surface area contributed by atoms with E-state index in [1.807, 2.05) is 18.2 Å². The molecule has 3 nitrogen and oxygen atoms in total. The zero-order valence-corrected chi connectivity index (χ0v) is 12.7. The predicted octanol–water partition coefficient (Wildman–Crippen LogP) is 3.56. The Hall–Kier alpha value is -1.94. The summed E-state index contributed by atoms with van der Waals surface area (Å²) < 4.78 is 0. The smallest absolute Gasteiger partial charge is 0.314 e. The number of hydrogen-bond acceptors (Lipinski definition) is 3. The number of carbonyl (C=O) groups is 2. The second-order valence-electron chi connectivity index (χ2n) is 5.12. The largest absolute Gasteiger partial charge is 0.481 e. The lowest BCUT2D eigenvalue weighted by Gasteiger charge is -2.06. The number of rotatable bonds is 7. The molecule has 0 radical (unpaired) electrons. The molecule has 0 aliphatic heterocycles. The molecular formula is C17H18O3S. The molecule has 0 amide bonds. The SMILES string of the molecule is CC(=O)C(CCc1cc(Cc2ccccc2)cs1)C(=O)O. The molecule has 21 heavy (non-hydrogen) atoms. The van der Waals surface area contributed by atoms with Crippen molar-refractivity contribution in [1.82, 2.24) is 0 Å². The third kappa shape index (κ3) is 4.53. The van der Waals surface area contributed by atoms with Crippen molar-refractivity contribution in [2.45, 2.75) is 26.2 Å². The van der Waals surface area contributed by atoms with E-state index in [0.717, 1.165) is 11.3 Å². The first-order chi connectivity index (χ1) is 10.1. The minimum Gasteiger partial charge on any atom is -0.481 e. The number of carbonyl (C=O) groups excluding carboxylic acids is 1. The minimum absolute atomic E-state index is 0.274. The zero-order valence-electron chi connectivity index (χ0n) is 11.9. The number of aryl methyl sites for hydroxylation is 1. The quantitative estimate of drug-likeness (QED) is 0.796. The average Bonchev–Trinajstić information content (AvgIpc) is 2.87. The Morgan fingerprint density at radius 1 is 1.19 bits per heavy atom. The maximum absolute atomic E-state index is 11.3. The van der Waals surface area contributed by atoms with Gasteiger partial charge in [-0.25, -0.2) is 0 Å². The standard InChI is InChI=1S/C17H18O3S/c1-12(18)16(17(19)20)8-7-15-10-14(11-21-15)9-13-5-3-2-4-6-13/h2-6,10-11,16H,7-9H2,1H3,(H,19,20). The Morgan fingerprint density at radius 3 is 2.52 bits per heavy atom. The normalized spacial score (nSPS) is 12.0. The summed E-state index contributed by atoms with van der Waals surface area (Å²) in [7, 11) is 0. The number of carboxylic acid groups (broad SMARTS) is 1. The molecule has 0 spiro atoms. The maximum atomic E-state index is 11.3. The monoisotopic (exact) mass is 302 g/mol. The van der Waals surface area contributed by atoms with Crippen molar-refractivity contribution in [3.8, 4) is 0 Å². The topological polar surface area (TPSA) is 54.4 Å². The highest BCUT2D eigenvalue weighted by molar-refractivity contribution is 7.10. The molecule has 4 heteroatoms. The summed E-state index contributed by atoms with van der Waals surface area (Å²) >= 11 is 1.63. The van der Waals surface area contributed by atoms with Gasteiger partial charge in [0, 0.05) is 4.88 Å². The number of Topliss-reactive ketones (excluding diaryl/α,β-unsaturated/α-hetero) is 1. The predicted molar refractivity (Wildman–Crippen MR) is 83.7 cm³/mol. The van der Waals surface area contributed by atoms with Gasteiger partial charge < -0.3 is 5.11 Å². The Kier molecular flexibility index (Phi) is 5.28. The van der Waals surface area contributed by atoms with E-state index in [0.29, 0.717) is 12.8 Å². The molecule has 0 aliphatic carbocycles. The van der Waals surface area contributed by atoms with Crippen LogP contribution in [-0.2, 0) is 22.4 Å². The molecule has 1 aromatic carbocycles. The molecule has 1 aromatic heterocycles. The summed E-state index contributed by atoms with van der Waals surface area (Å²) in [4.78, 5) is 23.4. The van der Waals surface area contributed by atoms with Crippen molar-refractivity contribution in [3.05, 3.63) is 57.8 Å². The van der Waals surface area contributed by atoms with E-state index in [9.17, 15) is 9.59 Å². The number of carboxylic acids is 1. The van der Waals surface area contributed by atoms with Crippen molar-refractivity contribution in [3.63, 3.8) is 0 Å². The summed E-state index contributed by atoms with van der Waals surface area (Å²) in [5.74, 6) is -2.18. The van der Waals surface area contributed by atoms with E-state index < -0.39 is 11.9 Å². The third-order valence-corrected chi connectivity index (χ3v) is 4.47. The van der Waals surface area contributed by atoms with Crippen LogP contribution in [0, 0.1) is 5.92 Å². The molecule has 1 N–H and O–H groups in total.